The smallest absolute Gasteiger partial charge is 0.00357 e. The van der Waals surface area contributed by atoms with Gasteiger partial charge in [-0.1, -0.05) is 39.0 Å². The third kappa shape index (κ3) is 4.00. The van der Waals surface area contributed by atoms with Crippen molar-refractivity contribution in [2.24, 2.45) is 11.8 Å². The Morgan fingerprint density at radius 1 is 1.29 bits per heavy atom. The van der Waals surface area contributed by atoms with Crippen LogP contribution in [0.5, 0.6) is 0 Å². The molecule has 0 bridgehead atoms. The van der Waals surface area contributed by atoms with E-state index in [9.17, 15) is 0 Å². The Morgan fingerprint density at radius 3 is 2.57 bits per heavy atom. The second kappa shape index (κ2) is 6.44. The Kier molecular flexibility index (Phi) is 5.54. The molecule has 3 atom stereocenters. The van der Waals surface area contributed by atoms with Crippen LogP contribution in [0.2, 0.25) is 0 Å². The van der Waals surface area contributed by atoms with Crippen LogP contribution in [-0.2, 0) is 0 Å². The van der Waals surface area contributed by atoms with Crippen LogP contribution < -0.4 is 5.32 Å². The highest BCUT2D eigenvalue weighted by molar-refractivity contribution is 4.75. The summed E-state index contributed by atoms with van der Waals surface area (Å²) in [6.07, 6.45) is 10.2. The fourth-order valence-electron chi connectivity index (χ4n) is 2.67. The van der Waals surface area contributed by atoms with Crippen LogP contribution in [0.4, 0.5) is 0 Å². The van der Waals surface area contributed by atoms with Gasteiger partial charge in [-0.05, 0) is 38.6 Å². The number of nitrogens with one attached hydrogen (secondary N) is 1. The molecule has 0 aromatic carbocycles. The van der Waals surface area contributed by atoms with Gasteiger partial charge in [0.1, 0.15) is 0 Å². The first-order chi connectivity index (χ1) is 6.76. The van der Waals surface area contributed by atoms with Gasteiger partial charge >= 0.3 is 0 Å². The summed E-state index contributed by atoms with van der Waals surface area (Å²) in [5.41, 5.74) is 0. The van der Waals surface area contributed by atoms with Gasteiger partial charge in [-0.2, -0.15) is 0 Å². The molecule has 84 valence electrons. The maximum absolute atomic E-state index is 3.31. The van der Waals surface area contributed by atoms with Crippen LogP contribution >= 0.6 is 0 Å². The highest BCUT2D eigenvalue weighted by atomic mass is 14.8. The average Bonchev–Trinajstić information content (AvgIpc) is 2.65. The SMILES string of the molecule is CCC1CCC(CCCC(C)NC)C1. The first kappa shape index (κ1) is 12.0. The maximum Gasteiger partial charge on any atom is 0.00357 e. The van der Waals surface area contributed by atoms with Gasteiger partial charge in [-0.25, -0.2) is 0 Å². The van der Waals surface area contributed by atoms with Crippen molar-refractivity contribution in [3.05, 3.63) is 0 Å². The molecule has 1 heteroatoms. The van der Waals surface area contributed by atoms with Crippen molar-refractivity contribution >= 4 is 0 Å². The standard InChI is InChI=1S/C13H27N/c1-4-12-8-9-13(10-12)7-5-6-11(2)14-3/h11-14H,4-10H2,1-3H3. The molecule has 0 amide bonds. The minimum atomic E-state index is 0.707. The lowest BCUT2D eigenvalue weighted by Gasteiger charge is -2.13. The Hall–Kier alpha value is -0.0400. The van der Waals surface area contributed by atoms with Gasteiger partial charge in [0.15, 0.2) is 0 Å². The molecule has 3 unspecified atom stereocenters. The third-order valence-electron chi connectivity index (χ3n) is 3.97. The molecule has 1 N–H and O–H groups in total. The zero-order valence-electron chi connectivity index (χ0n) is 10.2. The van der Waals surface area contributed by atoms with Crippen molar-refractivity contribution in [1.82, 2.24) is 5.32 Å². The Balaban J connectivity index is 2.03. The second-order valence-corrected chi connectivity index (χ2v) is 5.07. The van der Waals surface area contributed by atoms with Crippen molar-refractivity contribution in [2.75, 3.05) is 7.05 Å². The quantitative estimate of drug-likeness (QED) is 0.686. The van der Waals surface area contributed by atoms with Crippen molar-refractivity contribution in [1.29, 1.82) is 0 Å². The van der Waals surface area contributed by atoms with Crippen LogP contribution in [-0.4, -0.2) is 13.1 Å². The first-order valence-corrected chi connectivity index (χ1v) is 6.43. The second-order valence-electron chi connectivity index (χ2n) is 5.07. The van der Waals surface area contributed by atoms with E-state index in [1.54, 1.807) is 0 Å². The predicted octanol–water partition coefficient (Wildman–Crippen LogP) is 3.59. The molecule has 0 heterocycles. The van der Waals surface area contributed by atoms with E-state index in [0.29, 0.717) is 6.04 Å². The van der Waals surface area contributed by atoms with Crippen molar-refractivity contribution < 1.29 is 0 Å². The maximum atomic E-state index is 3.31. The summed E-state index contributed by atoms with van der Waals surface area (Å²) in [5.74, 6) is 2.12. The largest absolute Gasteiger partial charge is 0.317 e. The van der Waals surface area contributed by atoms with E-state index in [-0.39, 0.29) is 0 Å². The molecular formula is C13H27N. The van der Waals surface area contributed by atoms with E-state index in [4.69, 9.17) is 0 Å². The van der Waals surface area contributed by atoms with Crippen LogP contribution in [0.3, 0.4) is 0 Å². The van der Waals surface area contributed by atoms with E-state index < -0.39 is 0 Å². The monoisotopic (exact) mass is 197 g/mol. The summed E-state index contributed by atoms with van der Waals surface area (Å²) >= 11 is 0. The molecule has 1 aliphatic carbocycles. The van der Waals surface area contributed by atoms with Crippen molar-refractivity contribution in [3.8, 4) is 0 Å². The molecule has 0 spiro atoms. The summed E-state index contributed by atoms with van der Waals surface area (Å²) < 4.78 is 0. The molecule has 1 fully saturated rings. The topological polar surface area (TPSA) is 12.0 Å². The molecular weight excluding hydrogens is 170 g/mol. The minimum Gasteiger partial charge on any atom is -0.317 e. The van der Waals surface area contributed by atoms with Gasteiger partial charge in [0.05, 0.1) is 0 Å². The zero-order valence-corrected chi connectivity index (χ0v) is 10.2. The molecule has 1 saturated carbocycles. The summed E-state index contributed by atoms with van der Waals surface area (Å²) in [7, 11) is 2.06. The van der Waals surface area contributed by atoms with Gasteiger partial charge in [0.2, 0.25) is 0 Å². The van der Waals surface area contributed by atoms with Gasteiger partial charge in [-0.3, -0.25) is 0 Å². The Morgan fingerprint density at radius 2 is 2.00 bits per heavy atom. The van der Waals surface area contributed by atoms with Crippen molar-refractivity contribution in [2.45, 2.75) is 64.8 Å². The van der Waals surface area contributed by atoms with Crippen LogP contribution in [0.1, 0.15) is 58.8 Å². The van der Waals surface area contributed by atoms with Crippen LogP contribution in [0.15, 0.2) is 0 Å². The molecule has 1 rings (SSSR count). The number of hydrogen-bond donors (Lipinski definition) is 1. The molecule has 0 radical (unpaired) electrons. The Labute approximate surface area is 89.7 Å². The first-order valence-electron chi connectivity index (χ1n) is 6.43. The predicted molar refractivity (Wildman–Crippen MR) is 63.5 cm³/mol. The molecule has 1 aliphatic rings. The van der Waals surface area contributed by atoms with Gasteiger partial charge in [-0.15, -0.1) is 0 Å². The van der Waals surface area contributed by atoms with E-state index in [1.165, 1.54) is 44.9 Å². The summed E-state index contributed by atoms with van der Waals surface area (Å²) in [5, 5.41) is 3.31. The molecule has 0 aromatic heterocycles. The van der Waals surface area contributed by atoms with Gasteiger partial charge in [0, 0.05) is 6.04 Å². The van der Waals surface area contributed by atoms with E-state index in [2.05, 4.69) is 26.2 Å². The lowest BCUT2D eigenvalue weighted by molar-refractivity contribution is 0.421. The summed E-state index contributed by atoms with van der Waals surface area (Å²) in [6, 6.07) is 0.707. The average molecular weight is 197 g/mol. The Bertz CT molecular complexity index is 144. The van der Waals surface area contributed by atoms with E-state index >= 15 is 0 Å². The summed E-state index contributed by atoms with van der Waals surface area (Å²) in [4.78, 5) is 0. The number of rotatable bonds is 6. The van der Waals surface area contributed by atoms with Crippen LogP contribution in [0.25, 0.3) is 0 Å². The van der Waals surface area contributed by atoms with Gasteiger partial charge in [0.25, 0.3) is 0 Å². The zero-order chi connectivity index (χ0) is 10.4. The third-order valence-corrected chi connectivity index (χ3v) is 3.97. The molecule has 0 saturated heterocycles. The normalized spacial score (nSPS) is 29.4. The van der Waals surface area contributed by atoms with Gasteiger partial charge < -0.3 is 5.32 Å². The molecule has 0 aromatic rings. The van der Waals surface area contributed by atoms with E-state index in [1.807, 2.05) is 0 Å². The highest BCUT2D eigenvalue weighted by Crippen LogP contribution is 2.35. The van der Waals surface area contributed by atoms with E-state index in [0.717, 1.165) is 11.8 Å². The van der Waals surface area contributed by atoms with Crippen molar-refractivity contribution in [3.63, 3.8) is 0 Å². The molecule has 1 nitrogen and oxygen atoms in total. The lowest BCUT2D eigenvalue weighted by atomic mass is 9.97. The lowest BCUT2D eigenvalue weighted by Crippen LogP contribution is -2.20. The fraction of sp³-hybridized carbons (Fsp3) is 1.00. The molecule has 0 aliphatic heterocycles. The van der Waals surface area contributed by atoms with Crippen LogP contribution in [0, 0.1) is 11.8 Å². The summed E-state index contributed by atoms with van der Waals surface area (Å²) in [6.45, 7) is 4.62. The fourth-order valence-corrected chi connectivity index (χ4v) is 2.67. The molecule has 14 heavy (non-hydrogen) atoms. The number of hydrogen-bond acceptors (Lipinski definition) is 1. The minimum absolute atomic E-state index is 0.707. The highest BCUT2D eigenvalue weighted by Gasteiger charge is 2.22.